The first-order valence-electron chi connectivity index (χ1n) is 8.43. The number of esters is 1. The molecule has 1 unspecified atom stereocenters. The predicted octanol–water partition coefficient (Wildman–Crippen LogP) is 4.32. The fraction of sp³-hybridized carbons (Fsp3) is 0.579. The molecule has 1 saturated heterocycles. The van der Waals surface area contributed by atoms with E-state index in [1.807, 2.05) is 37.8 Å². The van der Waals surface area contributed by atoms with Crippen molar-refractivity contribution < 1.29 is 19.1 Å². The first-order chi connectivity index (χ1) is 11.2. The highest BCUT2D eigenvalue weighted by molar-refractivity contribution is 5.70. The molecule has 0 spiro atoms. The zero-order chi connectivity index (χ0) is 17.9. The van der Waals surface area contributed by atoms with Gasteiger partial charge in [-0.25, -0.2) is 4.79 Å². The smallest absolute Gasteiger partial charge is 0.410 e. The molecule has 1 heterocycles. The van der Waals surface area contributed by atoms with Crippen LogP contribution in [0, 0.1) is 5.92 Å². The summed E-state index contributed by atoms with van der Waals surface area (Å²) in [6.45, 7) is 9.84. The SMILES string of the molecule is CC(=O)Oc1ccc([C@H]2CCC(C)CN2C(=O)OC(C)(C)C)cc1. The number of hydrogen-bond donors (Lipinski definition) is 0. The highest BCUT2D eigenvalue weighted by Crippen LogP contribution is 2.35. The average Bonchev–Trinajstić information content (AvgIpc) is 2.46. The largest absolute Gasteiger partial charge is 0.444 e. The number of hydrogen-bond acceptors (Lipinski definition) is 4. The van der Waals surface area contributed by atoms with Crippen LogP contribution < -0.4 is 4.74 Å². The highest BCUT2D eigenvalue weighted by Gasteiger charge is 2.33. The maximum absolute atomic E-state index is 12.6. The van der Waals surface area contributed by atoms with Gasteiger partial charge in [-0.2, -0.15) is 0 Å². The van der Waals surface area contributed by atoms with Crippen molar-refractivity contribution >= 4 is 12.1 Å². The standard InChI is InChI=1S/C19H27NO4/c1-13-6-11-17(20(12-13)18(22)24-19(3,4)5)15-7-9-16(10-8-15)23-14(2)21/h7-10,13,17H,6,11-12H2,1-5H3/t13?,17-/m1/s1. The number of rotatable bonds is 2. The molecule has 132 valence electrons. The molecule has 1 aliphatic heterocycles. The van der Waals surface area contributed by atoms with E-state index in [2.05, 4.69) is 6.92 Å². The van der Waals surface area contributed by atoms with Crippen molar-refractivity contribution in [1.82, 2.24) is 4.90 Å². The van der Waals surface area contributed by atoms with Crippen molar-refractivity contribution in [3.05, 3.63) is 29.8 Å². The molecule has 0 N–H and O–H groups in total. The van der Waals surface area contributed by atoms with Gasteiger partial charge in [0.1, 0.15) is 11.4 Å². The quantitative estimate of drug-likeness (QED) is 0.597. The molecule has 5 heteroatoms. The van der Waals surface area contributed by atoms with E-state index >= 15 is 0 Å². The van der Waals surface area contributed by atoms with Crippen LogP contribution in [0.4, 0.5) is 4.79 Å². The van der Waals surface area contributed by atoms with Crippen LogP contribution in [0.1, 0.15) is 59.1 Å². The lowest BCUT2D eigenvalue weighted by molar-refractivity contribution is -0.131. The Morgan fingerprint density at radius 1 is 1.12 bits per heavy atom. The maximum Gasteiger partial charge on any atom is 0.410 e. The van der Waals surface area contributed by atoms with Crippen LogP contribution >= 0.6 is 0 Å². The molecule has 2 rings (SSSR count). The molecule has 0 bridgehead atoms. The van der Waals surface area contributed by atoms with Crippen molar-refractivity contribution in [3.8, 4) is 5.75 Å². The Kier molecular flexibility index (Phi) is 5.52. The Labute approximate surface area is 143 Å². The molecule has 2 atom stereocenters. The lowest BCUT2D eigenvalue weighted by Gasteiger charge is -2.39. The molecule has 1 aromatic carbocycles. The van der Waals surface area contributed by atoms with E-state index < -0.39 is 5.60 Å². The summed E-state index contributed by atoms with van der Waals surface area (Å²) in [5.41, 5.74) is 0.519. The summed E-state index contributed by atoms with van der Waals surface area (Å²) in [4.78, 5) is 25.4. The number of likely N-dealkylation sites (tertiary alicyclic amines) is 1. The van der Waals surface area contributed by atoms with Gasteiger partial charge >= 0.3 is 12.1 Å². The minimum Gasteiger partial charge on any atom is -0.444 e. The van der Waals surface area contributed by atoms with E-state index in [0.717, 1.165) is 18.4 Å². The van der Waals surface area contributed by atoms with Gasteiger partial charge in [-0.3, -0.25) is 4.79 Å². The number of carbonyl (C=O) groups is 2. The van der Waals surface area contributed by atoms with Gasteiger partial charge in [0.05, 0.1) is 6.04 Å². The number of nitrogens with zero attached hydrogens (tertiary/aromatic N) is 1. The summed E-state index contributed by atoms with van der Waals surface area (Å²) in [5.74, 6) is 0.623. The van der Waals surface area contributed by atoms with Crippen molar-refractivity contribution in [1.29, 1.82) is 0 Å². The van der Waals surface area contributed by atoms with Gasteiger partial charge in [0.15, 0.2) is 0 Å². The second kappa shape index (κ2) is 7.24. The normalized spacial score (nSPS) is 21.3. The lowest BCUT2D eigenvalue weighted by atomic mass is 9.90. The van der Waals surface area contributed by atoms with Gasteiger partial charge < -0.3 is 14.4 Å². The zero-order valence-corrected chi connectivity index (χ0v) is 15.2. The number of amides is 1. The summed E-state index contributed by atoms with van der Waals surface area (Å²) < 4.78 is 10.6. The van der Waals surface area contributed by atoms with Gasteiger partial charge in [0.25, 0.3) is 0 Å². The van der Waals surface area contributed by atoms with Gasteiger partial charge in [-0.1, -0.05) is 19.1 Å². The second-order valence-corrected chi connectivity index (χ2v) is 7.49. The van der Waals surface area contributed by atoms with E-state index in [4.69, 9.17) is 9.47 Å². The van der Waals surface area contributed by atoms with E-state index in [-0.39, 0.29) is 18.1 Å². The zero-order valence-electron chi connectivity index (χ0n) is 15.2. The molecule has 5 nitrogen and oxygen atoms in total. The third-order valence-electron chi connectivity index (χ3n) is 3.97. The minimum atomic E-state index is -0.512. The Bertz CT molecular complexity index is 588. The fourth-order valence-electron chi connectivity index (χ4n) is 2.95. The van der Waals surface area contributed by atoms with Crippen molar-refractivity contribution in [3.63, 3.8) is 0 Å². The number of benzene rings is 1. The van der Waals surface area contributed by atoms with E-state index in [1.54, 1.807) is 12.1 Å². The third-order valence-corrected chi connectivity index (χ3v) is 3.97. The molecular formula is C19H27NO4. The van der Waals surface area contributed by atoms with Crippen LogP contribution in [0.15, 0.2) is 24.3 Å². The first kappa shape index (κ1) is 18.3. The molecule has 0 aliphatic carbocycles. The number of piperidine rings is 1. The van der Waals surface area contributed by atoms with Crippen LogP contribution in [0.25, 0.3) is 0 Å². The van der Waals surface area contributed by atoms with Gasteiger partial charge in [-0.15, -0.1) is 0 Å². The van der Waals surface area contributed by atoms with Crippen LogP contribution in [0.5, 0.6) is 5.75 Å². The average molecular weight is 333 g/mol. The van der Waals surface area contributed by atoms with E-state index in [0.29, 0.717) is 18.2 Å². The van der Waals surface area contributed by atoms with Gasteiger partial charge in [-0.05, 0) is 57.2 Å². The summed E-state index contributed by atoms with van der Waals surface area (Å²) in [7, 11) is 0. The molecule has 1 amide bonds. The van der Waals surface area contributed by atoms with Crippen LogP contribution in [0.2, 0.25) is 0 Å². The monoisotopic (exact) mass is 333 g/mol. The lowest BCUT2D eigenvalue weighted by Crippen LogP contribution is -2.44. The van der Waals surface area contributed by atoms with Crippen LogP contribution in [0.3, 0.4) is 0 Å². The third kappa shape index (κ3) is 4.98. The summed E-state index contributed by atoms with van der Waals surface area (Å²) in [6.07, 6.45) is 1.69. The molecule has 1 aliphatic rings. The minimum absolute atomic E-state index is 0.0116. The van der Waals surface area contributed by atoms with Crippen LogP contribution in [-0.2, 0) is 9.53 Å². The Hall–Kier alpha value is -2.04. The van der Waals surface area contributed by atoms with Crippen molar-refractivity contribution in [2.24, 2.45) is 5.92 Å². The number of ether oxygens (including phenoxy) is 2. The maximum atomic E-state index is 12.6. The fourth-order valence-corrected chi connectivity index (χ4v) is 2.95. The Morgan fingerprint density at radius 2 is 1.75 bits per heavy atom. The first-order valence-corrected chi connectivity index (χ1v) is 8.43. The van der Waals surface area contributed by atoms with E-state index in [1.165, 1.54) is 6.92 Å². The predicted molar refractivity (Wildman–Crippen MR) is 91.8 cm³/mol. The van der Waals surface area contributed by atoms with Crippen molar-refractivity contribution in [2.45, 2.75) is 59.1 Å². The topological polar surface area (TPSA) is 55.8 Å². The highest BCUT2D eigenvalue weighted by atomic mass is 16.6. The van der Waals surface area contributed by atoms with Crippen molar-refractivity contribution in [2.75, 3.05) is 6.54 Å². The molecule has 1 fully saturated rings. The molecule has 1 aromatic rings. The summed E-state index contributed by atoms with van der Waals surface area (Å²) in [5, 5.41) is 0. The second-order valence-electron chi connectivity index (χ2n) is 7.49. The Morgan fingerprint density at radius 3 is 2.29 bits per heavy atom. The summed E-state index contributed by atoms with van der Waals surface area (Å²) in [6, 6.07) is 7.35. The number of carbonyl (C=O) groups excluding carboxylic acids is 2. The Balaban J connectivity index is 2.18. The van der Waals surface area contributed by atoms with E-state index in [9.17, 15) is 9.59 Å². The van der Waals surface area contributed by atoms with Crippen LogP contribution in [-0.4, -0.2) is 29.1 Å². The van der Waals surface area contributed by atoms with Gasteiger partial charge in [0.2, 0.25) is 0 Å². The molecule has 24 heavy (non-hydrogen) atoms. The molecule has 0 radical (unpaired) electrons. The van der Waals surface area contributed by atoms with Gasteiger partial charge in [0, 0.05) is 13.5 Å². The molecule has 0 aromatic heterocycles. The molecular weight excluding hydrogens is 306 g/mol. The molecule has 0 saturated carbocycles. The summed E-state index contributed by atoms with van der Waals surface area (Å²) >= 11 is 0.